The van der Waals surface area contributed by atoms with Gasteiger partial charge in [-0.1, -0.05) is 6.42 Å². The number of hydrogen-bond acceptors (Lipinski definition) is 4. The van der Waals surface area contributed by atoms with Gasteiger partial charge in [-0.3, -0.25) is 9.47 Å². The lowest BCUT2D eigenvalue weighted by Crippen LogP contribution is -2.46. The quantitative estimate of drug-likeness (QED) is 0.618. The molecule has 0 atom stereocenters. The fourth-order valence-electron chi connectivity index (χ4n) is 3.27. The topological polar surface area (TPSA) is 43.7 Å². The van der Waals surface area contributed by atoms with Crippen molar-refractivity contribution >= 4 is 16.9 Å². The molecule has 1 saturated heterocycles. The lowest BCUT2D eigenvalue weighted by molar-refractivity contribution is -0.306. The third kappa shape index (κ3) is 5.59. The molecule has 0 saturated carbocycles. The normalized spacial score (nSPS) is 16.2. The standard InChI is InChI=1S/C19H20F6N2O3/c20-18(21,22)16(19(23,24)25)30-17(28)27-11-13-4-5-15(10-14(13)12-27)29-9-8-26-6-2-1-3-7-26/h4-5,10-12,16H,1-3,6-9H2. The Kier molecular flexibility index (Phi) is 6.49. The van der Waals surface area contributed by atoms with Crippen LogP contribution >= 0.6 is 0 Å². The van der Waals surface area contributed by atoms with Crippen LogP contribution in [0.3, 0.4) is 0 Å². The Labute approximate surface area is 168 Å². The van der Waals surface area contributed by atoms with Crippen LogP contribution in [0.5, 0.6) is 5.75 Å². The summed E-state index contributed by atoms with van der Waals surface area (Å²) < 4.78 is 85.4. The van der Waals surface area contributed by atoms with E-state index < -0.39 is 24.5 Å². The lowest BCUT2D eigenvalue weighted by Gasteiger charge is -2.26. The van der Waals surface area contributed by atoms with Gasteiger partial charge in [-0.05, 0) is 44.1 Å². The molecular formula is C19H20F6N2O3. The van der Waals surface area contributed by atoms with Crippen LogP contribution in [0.2, 0.25) is 0 Å². The number of carbonyl (C=O) groups is 1. The molecular weight excluding hydrogens is 418 g/mol. The van der Waals surface area contributed by atoms with Gasteiger partial charge in [0.1, 0.15) is 12.4 Å². The number of fused-ring (bicyclic) bond motifs is 1. The Morgan fingerprint density at radius 2 is 1.60 bits per heavy atom. The molecule has 0 spiro atoms. The molecule has 166 valence electrons. The number of rotatable bonds is 5. The molecule has 0 radical (unpaired) electrons. The number of piperidine rings is 1. The van der Waals surface area contributed by atoms with Crippen molar-refractivity contribution in [3.63, 3.8) is 0 Å². The number of hydrogen-bond donors (Lipinski definition) is 0. The van der Waals surface area contributed by atoms with Gasteiger partial charge in [-0.15, -0.1) is 0 Å². The number of benzene rings is 1. The molecule has 2 aromatic rings. The fraction of sp³-hybridized carbons (Fsp3) is 0.526. The van der Waals surface area contributed by atoms with E-state index in [-0.39, 0.29) is 0 Å². The van der Waals surface area contributed by atoms with Gasteiger partial charge in [0.25, 0.3) is 6.10 Å². The van der Waals surface area contributed by atoms with Gasteiger partial charge in [-0.2, -0.15) is 26.3 Å². The van der Waals surface area contributed by atoms with Gasteiger partial charge in [-0.25, -0.2) is 4.79 Å². The second-order valence-electron chi connectivity index (χ2n) is 7.05. The van der Waals surface area contributed by atoms with Crippen LogP contribution in [0.4, 0.5) is 31.1 Å². The molecule has 1 aromatic heterocycles. The van der Waals surface area contributed by atoms with E-state index in [0.29, 0.717) is 27.7 Å². The Balaban J connectivity index is 1.65. The molecule has 11 heteroatoms. The van der Waals surface area contributed by atoms with Gasteiger partial charge in [0.2, 0.25) is 0 Å². The second-order valence-corrected chi connectivity index (χ2v) is 7.05. The van der Waals surface area contributed by atoms with Crippen molar-refractivity contribution in [2.75, 3.05) is 26.2 Å². The van der Waals surface area contributed by atoms with Crippen LogP contribution in [0, 0.1) is 0 Å². The highest BCUT2D eigenvalue weighted by molar-refractivity contribution is 5.88. The van der Waals surface area contributed by atoms with Gasteiger partial charge >= 0.3 is 18.4 Å². The van der Waals surface area contributed by atoms with Crippen LogP contribution in [-0.4, -0.2) is 60.3 Å². The summed E-state index contributed by atoms with van der Waals surface area (Å²) in [5, 5.41) is 0.851. The van der Waals surface area contributed by atoms with Crippen molar-refractivity contribution in [3.05, 3.63) is 30.6 Å². The van der Waals surface area contributed by atoms with Gasteiger partial charge in [0, 0.05) is 29.7 Å². The zero-order chi connectivity index (χ0) is 21.9. The molecule has 0 bridgehead atoms. The van der Waals surface area contributed by atoms with E-state index in [0.717, 1.165) is 44.9 Å². The molecule has 1 aromatic carbocycles. The van der Waals surface area contributed by atoms with Gasteiger partial charge in [0.15, 0.2) is 0 Å². The van der Waals surface area contributed by atoms with Gasteiger partial charge in [0.05, 0.1) is 0 Å². The van der Waals surface area contributed by atoms with Crippen molar-refractivity contribution < 1.29 is 40.6 Å². The minimum atomic E-state index is -5.77. The summed E-state index contributed by atoms with van der Waals surface area (Å²) in [6.45, 7) is 3.23. The minimum absolute atomic E-state index is 0.415. The number of nitrogens with zero attached hydrogens (tertiary/aromatic N) is 2. The average molecular weight is 438 g/mol. The van der Waals surface area contributed by atoms with Crippen LogP contribution < -0.4 is 4.74 Å². The summed E-state index contributed by atoms with van der Waals surface area (Å²) in [5.41, 5.74) is 0. The Hall–Kier alpha value is -2.43. The lowest BCUT2D eigenvalue weighted by atomic mass is 10.1. The first-order valence-electron chi connectivity index (χ1n) is 9.35. The van der Waals surface area contributed by atoms with Crippen molar-refractivity contribution in [2.24, 2.45) is 0 Å². The van der Waals surface area contributed by atoms with Crippen molar-refractivity contribution in [3.8, 4) is 5.75 Å². The molecule has 0 aliphatic carbocycles. The van der Waals surface area contributed by atoms with Crippen molar-refractivity contribution in [1.29, 1.82) is 0 Å². The Bertz CT molecular complexity index is 857. The molecule has 5 nitrogen and oxygen atoms in total. The maximum absolute atomic E-state index is 12.6. The summed E-state index contributed by atoms with van der Waals surface area (Å²) in [5.74, 6) is 0.481. The minimum Gasteiger partial charge on any atom is -0.492 e. The smallest absolute Gasteiger partial charge is 0.434 e. The van der Waals surface area contributed by atoms with E-state index in [1.54, 1.807) is 18.2 Å². The molecule has 30 heavy (non-hydrogen) atoms. The maximum Gasteiger partial charge on any atom is 0.434 e. The third-order valence-corrected chi connectivity index (χ3v) is 4.76. The van der Waals surface area contributed by atoms with Crippen LogP contribution in [0.25, 0.3) is 10.8 Å². The first kappa shape index (κ1) is 22.3. The van der Waals surface area contributed by atoms with Gasteiger partial charge < -0.3 is 9.47 Å². The summed E-state index contributed by atoms with van der Waals surface area (Å²) in [7, 11) is 0. The predicted molar refractivity (Wildman–Crippen MR) is 95.5 cm³/mol. The van der Waals surface area contributed by atoms with E-state index in [1.165, 1.54) is 6.42 Å². The number of alkyl halides is 6. The van der Waals surface area contributed by atoms with E-state index >= 15 is 0 Å². The van der Waals surface area contributed by atoms with Crippen LogP contribution in [-0.2, 0) is 4.74 Å². The largest absolute Gasteiger partial charge is 0.492 e. The molecule has 0 amide bonds. The van der Waals surface area contributed by atoms with E-state index in [2.05, 4.69) is 9.64 Å². The van der Waals surface area contributed by atoms with Crippen molar-refractivity contribution in [2.45, 2.75) is 37.7 Å². The zero-order valence-corrected chi connectivity index (χ0v) is 15.8. The average Bonchev–Trinajstić information content (AvgIpc) is 3.08. The fourth-order valence-corrected chi connectivity index (χ4v) is 3.27. The van der Waals surface area contributed by atoms with Crippen LogP contribution in [0.15, 0.2) is 30.6 Å². The third-order valence-electron chi connectivity index (χ3n) is 4.76. The summed E-state index contributed by atoms with van der Waals surface area (Å²) in [4.78, 5) is 14.1. The SMILES string of the molecule is O=C(OC(C(F)(F)F)C(F)(F)F)n1cc2ccc(OCCN3CCCCC3)cc2c1. The number of ether oxygens (including phenoxy) is 2. The molecule has 1 aliphatic rings. The maximum atomic E-state index is 12.6. The van der Waals surface area contributed by atoms with E-state index in [9.17, 15) is 31.1 Å². The van der Waals surface area contributed by atoms with Crippen LogP contribution in [0.1, 0.15) is 19.3 Å². The predicted octanol–water partition coefficient (Wildman–Crippen LogP) is 4.98. The van der Waals surface area contributed by atoms with Crippen molar-refractivity contribution in [1.82, 2.24) is 9.47 Å². The summed E-state index contributed by atoms with van der Waals surface area (Å²) >= 11 is 0. The first-order valence-corrected chi connectivity index (χ1v) is 9.35. The first-order chi connectivity index (χ1) is 14.0. The summed E-state index contributed by atoms with van der Waals surface area (Å²) in [6, 6.07) is 4.73. The molecule has 1 aliphatic heterocycles. The molecule has 0 unspecified atom stereocenters. The Morgan fingerprint density at radius 1 is 0.967 bits per heavy atom. The number of aromatic nitrogens is 1. The molecule has 2 heterocycles. The Morgan fingerprint density at radius 3 is 2.23 bits per heavy atom. The number of halogens is 6. The highest BCUT2D eigenvalue weighted by Crippen LogP contribution is 2.36. The molecule has 0 N–H and O–H groups in total. The highest BCUT2D eigenvalue weighted by atomic mass is 19.4. The zero-order valence-electron chi connectivity index (χ0n) is 15.8. The molecule has 3 rings (SSSR count). The monoisotopic (exact) mass is 438 g/mol. The second kappa shape index (κ2) is 8.75. The highest BCUT2D eigenvalue weighted by Gasteiger charge is 2.60. The molecule has 1 fully saturated rings. The summed E-state index contributed by atoms with van der Waals surface area (Å²) in [6.07, 6.45) is -11.8. The van der Waals surface area contributed by atoms with E-state index in [4.69, 9.17) is 4.74 Å². The number of carbonyl (C=O) groups excluding carboxylic acids is 1. The number of likely N-dealkylation sites (tertiary alicyclic amines) is 1. The van der Waals surface area contributed by atoms with E-state index in [1.807, 2.05) is 0 Å².